The molecule has 0 aromatic carbocycles. The maximum atomic E-state index is 12.1. The molecule has 1 rings (SSSR count). The van der Waals surface area contributed by atoms with E-state index in [0.717, 1.165) is 0 Å². The first-order chi connectivity index (χ1) is 12.3. The van der Waals surface area contributed by atoms with Crippen LogP contribution in [0, 0.1) is 17.3 Å². The first-order valence-electron chi connectivity index (χ1n) is 9.31. The van der Waals surface area contributed by atoms with E-state index in [-0.39, 0.29) is 24.0 Å². The minimum absolute atomic E-state index is 0.0243. The predicted octanol–water partition coefficient (Wildman–Crippen LogP) is 3.54. The number of carbonyl (C=O) groups excluding carboxylic acids is 1. The van der Waals surface area contributed by atoms with Gasteiger partial charge in [-0.2, -0.15) is 0 Å². The van der Waals surface area contributed by atoms with E-state index in [2.05, 4.69) is 0 Å². The van der Waals surface area contributed by atoms with E-state index in [0.29, 0.717) is 32.5 Å². The van der Waals surface area contributed by atoms with Crippen LogP contribution < -0.4 is 0 Å². The molecule has 3 atom stereocenters. The normalized spacial score (nSPS) is 21.9. The van der Waals surface area contributed by atoms with E-state index in [4.69, 9.17) is 9.84 Å². The Hall–Kier alpha value is -1.72. The van der Waals surface area contributed by atoms with Gasteiger partial charge in [0.1, 0.15) is 0 Å². The number of rotatable bonds is 12. The van der Waals surface area contributed by atoms with Crippen molar-refractivity contribution in [2.75, 3.05) is 13.2 Å². The van der Waals surface area contributed by atoms with Crippen molar-refractivity contribution in [3.05, 3.63) is 36.5 Å². The number of ketones is 1. The molecule has 0 aromatic rings. The van der Waals surface area contributed by atoms with Crippen LogP contribution in [0.4, 0.5) is 0 Å². The molecule has 0 saturated carbocycles. The molecule has 0 heterocycles. The number of unbranched alkanes of at least 4 members (excludes halogenated alkanes) is 1. The van der Waals surface area contributed by atoms with Crippen LogP contribution in [0.1, 0.15) is 46.5 Å². The molecule has 0 aliphatic heterocycles. The van der Waals surface area contributed by atoms with E-state index >= 15 is 0 Å². The lowest BCUT2D eigenvalue weighted by Crippen LogP contribution is -2.32. The number of aliphatic carboxylic acids is 1. The summed E-state index contributed by atoms with van der Waals surface area (Å²) in [6, 6.07) is 0. The molecule has 0 bridgehead atoms. The number of carboxylic acids is 1. The topological polar surface area (TPSA) is 83.8 Å². The third-order valence-electron chi connectivity index (χ3n) is 4.63. The van der Waals surface area contributed by atoms with Gasteiger partial charge in [-0.1, -0.05) is 44.2 Å². The highest BCUT2D eigenvalue weighted by Gasteiger charge is 2.29. The largest absolute Gasteiger partial charge is 0.481 e. The number of carbonyl (C=O) groups is 2. The lowest BCUT2D eigenvalue weighted by atomic mass is 9.85. The van der Waals surface area contributed by atoms with Crippen LogP contribution in [-0.2, 0) is 14.3 Å². The summed E-state index contributed by atoms with van der Waals surface area (Å²) in [5.74, 6) is -0.865. The van der Waals surface area contributed by atoms with Gasteiger partial charge in [0.25, 0.3) is 0 Å². The fourth-order valence-corrected chi connectivity index (χ4v) is 2.80. The maximum Gasteiger partial charge on any atom is 0.303 e. The smallest absolute Gasteiger partial charge is 0.303 e. The molecule has 5 nitrogen and oxygen atoms in total. The van der Waals surface area contributed by atoms with Gasteiger partial charge < -0.3 is 14.9 Å². The molecule has 1 aliphatic rings. The van der Waals surface area contributed by atoms with Crippen molar-refractivity contribution in [2.24, 2.45) is 17.3 Å². The van der Waals surface area contributed by atoms with Gasteiger partial charge in [-0.15, -0.1) is 0 Å². The van der Waals surface area contributed by atoms with Crippen molar-refractivity contribution in [1.82, 2.24) is 0 Å². The van der Waals surface area contributed by atoms with Crippen molar-refractivity contribution in [3.8, 4) is 0 Å². The lowest BCUT2D eigenvalue weighted by Gasteiger charge is -2.28. The maximum absolute atomic E-state index is 12.1. The molecule has 0 aromatic heterocycles. The van der Waals surface area contributed by atoms with E-state index in [9.17, 15) is 14.7 Å². The average molecular weight is 364 g/mol. The summed E-state index contributed by atoms with van der Waals surface area (Å²) in [5, 5.41) is 19.0. The standard InChI is InChI=1S/C21H32O5/c1-4-26-15-21(2,3)19(23)14-12-16-11-13-18(22)17(16)9-7-5-6-8-10-20(24)25/h5,7,11-14,16-17,19,23H,4,6,8-10,15H2,1-3H3,(H,24,25)/b7-5?,14-12+/t16-,17+,19+/m0/s1. The van der Waals surface area contributed by atoms with E-state index in [1.165, 1.54) is 0 Å². The van der Waals surface area contributed by atoms with Crippen LogP contribution in [0.5, 0.6) is 0 Å². The zero-order valence-electron chi connectivity index (χ0n) is 16.1. The molecule has 26 heavy (non-hydrogen) atoms. The number of aliphatic hydroxyl groups excluding tert-OH is 1. The van der Waals surface area contributed by atoms with Gasteiger partial charge in [-0.05, 0) is 32.3 Å². The van der Waals surface area contributed by atoms with Crippen LogP contribution in [0.15, 0.2) is 36.5 Å². The molecule has 0 radical (unpaired) electrons. The van der Waals surface area contributed by atoms with Crippen LogP contribution in [0.25, 0.3) is 0 Å². The molecule has 0 spiro atoms. The van der Waals surface area contributed by atoms with Gasteiger partial charge in [-0.25, -0.2) is 0 Å². The number of hydrogen-bond acceptors (Lipinski definition) is 4. The third-order valence-corrected chi connectivity index (χ3v) is 4.63. The number of allylic oxidation sites excluding steroid dienone is 5. The molecule has 146 valence electrons. The first-order valence-corrected chi connectivity index (χ1v) is 9.31. The summed E-state index contributed by atoms with van der Waals surface area (Å²) in [5.41, 5.74) is -0.390. The van der Waals surface area contributed by atoms with Gasteiger partial charge in [-0.3, -0.25) is 9.59 Å². The second-order valence-electron chi connectivity index (χ2n) is 7.39. The van der Waals surface area contributed by atoms with Crippen LogP contribution in [0.3, 0.4) is 0 Å². The van der Waals surface area contributed by atoms with Crippen LogP contribution in [-0.4, -0.2) is 41.3 Å². The molecule has 0 unspecified atom stereocenters. The molecular formula is C21H32O5. The molecule has 1 aliphatic carbocycles. The average Bonchev–Trinajstić information content (AvgIpc) is 2.93. The van der Waals surface area contributed by atoms with Gasteiger partial charge in [0, 0.05) is 30.3 Å². The van der Waals surface area contributed by atoms with Crippen LogP contribution in [0.2, 0.25) is 0 Å². The Kier molecular flexibility index (Phi) is 9.52. The zero-order valence-corrected chi connectivity index (χ0v) is 16.1. The second-order valence-corrected chi connectivity index (χ2v) is 7.39. The molecule has 2 N–H and O–H groups in total. The van der Waals surface area contributed by atoms with Crippen molar-refractivity contribution < 1.29 is 24.5 Å². The van der Waals surface area contributed by atoms with Crippen molar-refractivity contribution in [2.45, 2.75) is 52.6 Å². The Bertz CT molecular complexity index is 545. The Morgan fingerprint density at radius 3 is 2.77 bits per heavy atom. The fourth-order valence-electron chi connectivity index (χ4n) is 2.80. The second kappa shape index (κ2) is 11.1. The minimum Gasteiger partial charge on any atom is -0.481 e. The highest BCUT2D eigenvalue weighted by atomic mass is 16.5. The number of hydrogen-bond donors (Lipinski definition) is 2. The predicted molar refractivity (Wildman–Crippen MR) is 102 cm³/mol. The Labute approximate surface area is 156 Å². The number of aliphatic hydroxyl groups is 1. The summed E-state index contributed by atoms with van der Waals surface area (Å²) >= 11 is 0. The molecule has 0 amide bonds. The summed E-state index contributed by atoms with van der Waals surface area (Å²) in [6.07, 6.45) is 12.5. The molecule has 5 heteroatoms. The number of carboxylic acid groups (broad SMARTS) is 1. The molecule has 0 fully saturated rings. The van der Waals surface area contributed by atoms with E-state index < -0.39 is 17.5 Å². The lowest BCUT2D eigenvalue weighted by molar-refractivity contribution is -0.137. The quantitative estimate of drug-likeness (QED) is 0.409. The summed E-state index contributed by atoms with van der Waals surface area (Å²) < 4.78 is 5.42. The van der Waals surface area contributed by atoms with E-state index in [1.54, 1.807) is 12.2 Å². The highest BCUT2D eigenvalue weighted by Crippen LogP contribution is 2.29. The van der Waals surface area contributed by atoms with Gasteiger partial charge in [0.05, 0.1) is 12.7 Å². The summed E-state index contributed by atoms with van der Waals surface area (Å²) in [6.45, 7) is 6.90. The fraction of sp³-hybridized carbons (Fsp3) is 0.619. The highest BCUT2D eigenvalue weighted by molar-refractivity contribution is 5.95. The van der Waals surface area contributed by atoms with Gasteiger partial charge >= 0.3 is 5.97 Å². The Morgan fingerprint density at radius 1 is 1.38 bits per heavy atom. The van der Waals surface area contributed by atoms with Gasteiger partial charge in [0.15, 0.2) is 5.78 Å². The van der Waals surface area contributed by atoms with Crippen molar-refractivity contribution >= 4 is 11.8 Å². The Morgan fingerprint density at radius 2 is 2.12 bits per heavy atom. The SMILES string of the molecule is CCOCC(C)(C)[C@H](O)/C=C/[C@@H]1C=CC(=O)[C@@H]1CC=CCCCC(=O)O. The monoisotopic (exact) mass is 364 g/mol. The summed E-state index contributed by atoms with van der Waals surface area (Å²) in [7, 11) is 0. The summed E-state index contributed by atoms with van der Waals surface area (Å²) in [4.78, 5) is 22.5. The van der Waals surface area contributed by atoms with Crippen molar-refractivity contribution in [1.29, 1.82) is 0 Å². The molecule has 0 saturated heterocycles. The number of ether oxygens (including phenoxy) is 1. The Balaban J connectivity index is 2.54. The van der Waals surface area contributed by atoms with Gasteiger partial charge in [0.2, 0.25) is 0 Å². The van der Waals surface area contributed by atoms with Crippen LogP contribution >= 0.6 is 0 Å². The zero-order chi connectivity index (χ0) is 19.6. The van der Waals surface area contributed by atoms with E-state index in [1.807, 2.05) is 45.1 Å². The van der Waals surface area contributed by atoms with Crippen molar-refractivity contribution in [3.63, 3.8) is 0 Å². The molecular weight excluding hydrogens is 332 g/mol. The first kappa shape index (κ1) is 22.3. The third kappa shape index (κ3) is 7.67. The minimum atomic E-state index is -0.787.